The van der Waals surface area contributed by atoms with Crippen LogP contribution in [-0.2, 0) is 0 Å². The molecule has 0 aliphatic rings. The van der Waals surface area contributed by atoms with Crippen LogP contribution < -0.4 is 4.74 Å². The van der Waals surface area contributed by atoms with Crippen LogP contribution in [0.15, 0.2) is 64.8 Å². The van der Waals surface area contributed by atoms with Crippen LogP contribution in [0.4, 0.5) is 0 Å². The number of hydrogen-bond acceptors (Lipinski definition) is 5. The molecule has 3 aromatic rings. The molecule has 0 amide bonds. The van der Waals surface area contributed by atoms with E-state index in [2.05, 4.69) is 10.2 Å². The zero-order chi connectivity index (χ0) is 17.6. The fourth-order valence-corrected chi connectivity index (χ4v) is 2.41. The second-order valence-corrected chi connectivity index (χ2v) is 5.44. The lowest BCUT2D eigenvalue weighted by molar-refractivity contribution is 0.318. The highest BCUT2D eigenvalue weighted by Gasteiger charge is 2.01. The third-order valence-corrected chi connectivity index (χ3v) is 3.61. The Kier molecular flexibility index (Phi) is 4.95. The molecule has 0 atom stereocenters. The summed E-state index contributed by atoms with van der Waals surface area (Å²) in [7, 11) is 0. The molecular formula is C20H18N2O3. The van der Waals surface area contributed by atoms with Crippen molar-refractivity contribution in [3.63, 3.8) is 0 Å². The quantitative estimate of drug-likeness (QED) is 0.545. The molecule has 25 heavy (non-hydrogen) atoms. The molecule has 5 heteroatoms. The molecule has 0 spiro atoms. The van der Waals surface area contributed by atoms with Gasteiger partial charge in [-0.15, -0.1) is 0 Å². The number of nitrogens with zero attached hydrogens (tertiary/aromatic N) is 2. The lowest BCUT2D eigenvalue weighted by atomic mass is 10.1. The normalized spacial score (nSPS) is 11.6. The van der Waals surface area contributed by atoms with E-state index in [1.807, 2.05) is 31.2 Å². The summed E-state index contributed by atoms with van der Waals surface area (Å²) in [4.78, 5) is 0. The summed E-state index contributed by atoms with van der Waals surface area (Å²) >= 11 is 0. The molecule has 0 aliphatic heterocycles. The first kappa shape index (κ1) is 16.5. The van der Waals surface area contributed by atoms with E-state index in [0.29, 0.717) is 12.4 Å². The third-order valence-electron chi connectivity index (χ3n) is 3.61. The number of fused-ring (bicyclic) bond motifs is 1. The van der Waals surface area contributed by atoms with Gasteiger partial charge in [0.1, 0.15) is 5.75 Å². The van der Waals surface area contributed by atoms with Crippen molar-refractivity contribution in [2.75, 3.05) is 6.61 Å². The molecule has 0 fully saturated rings. The second-order valence-electron chi connectivity index (χ2n) is 5.44. The minimum atomic E-state index is 0.102. The van der Waals surface area contributed by atoms with Crippen LogP contribution in [0.1, 0.15) is 18.1 Å². The van der Waals surface area contributed by atoms with Crippen LogP contribution in [0.25, 0.3) is 10.8 Å². The van der Waals surface area contributed by atoms with Gasteiger partial charge < -0.3 is 14.9 Å². The Hall–Kier alpha value is -3.34. The van der Waals surface area contributed by atoms with Crippen molar-refractivity contribution in [2.45, 2.75) is 6.92 Å². The van der Waals surface area contributed by atoms with E-state index in [1.54, 1.807) is 42.8 Å². The topological polar surface area (TPSA) is 74.4 Å². The number of hydrogen-bond donors (Lipinski definition) is 2. The van der Waals surface area contributed by atoms with Gasteiger partial charge in [-0.3, -0.25) is 0 Å². The summed E-state index contributed by atoms with van der Waals surface area (Å²) in [6.45, 7) is 2.33. The molecule has 0 saturated heterocycles. The Balaban J connectivity index is 1.73. The fourth-order valence-electron chi connectivity index (χ4n) is 2.41. The van der Waals surface area contributed by atoms with E-state index in [0.717, 1.165) is 21.9 Å². The number of phenolic OH excluding ortho intramolecular Hbond substituents is 2. The maximum Gasteiger partial charge on any atom is 0.161 e. The highest BCUT2D eigenvalue weighted by atomic mass is 16.5. The standard InChI is InChI=1S/C20H18N2O3/c1-2-25-20-10-15(4-8-19(20)24)13-22-21-12-14-3-5-17-11-18(23)7-6-16(17)9-14/h3-13,23-24H,2H2,1H3/b21-12+,22-13+. The Labute approximate surface area is 145 Å². The molecule has 0 heterocycles. The van der Waals surface area contributed by atoms with Gasteiger partial charge in [0.15, 0.2) is 11.5 Å². The van der Waals surface area contributed by atoms with Crippen molar-refractivity contribution in [3.05, 3.63) is 65.7 Å². The summed E-state index contributed by atoms with van der Waals surface area (Å²) in [6, 6.07) is 16.0. The van der Waals surface area contributed by atoms with Gasteiger partial charge in [0.05, 0.1) is 19.0 Å². The van der Waals surface area contributed by atoms with Crippen molar-refractivity contribution >= 4 is 23.2 Å². The van der Waals surface area contributed by atoms with Gasteiger partial charge in [-0.25, -0.2) is 0 Å². The highest BCUT2D eigenvalue weighted by Crippen LogP contribution is 2.26. The summed E-state index contributed by atoms with van der Waals surface area (Å²) in [5.41, 5.74) is 1.70. The number of ether oxygens (including phenoxy) is 1. The molecule has 0 bridgehead atoms. The smallest absolute Gasteiger partial charge is 0.161 e. The Bertz CT molecular complexity index is 949. The molecule has 3 rings (SSSR count). The van der Waals surface area contributed by atoms with Crippen molar-refractivity contribution in [1.29, 1.82) is 0 Å². The summed E-state index contributed by atoms with van der Waals surface area (Å²) < 4.78 is 5.33. The average molecular weight is 334 g/mol. The average Bonchev–Trinajstić information content (AvgIpc) is 2.61. The summed E-state index contributed by atoms with van der Waals surface area (Å²) in [5.74, 6) is 0.775. The van der Waals surface area contributed by atoms with Gasteiger partial charge in [0.25, 0.3) is 0 Å². The summed E-state index contributed by atoms with van der Waals surface area (Å²) in [5, 5.41) is 29.2. The maximum atomic E-state index is 9.68. The van der Waals surface area contributed by atoms with E-state index in [1.165, 1.54) is 0 Å². The summed E-state index contributed by atoms with van der Waals surface area (Å²) in [6.07, 6.45) is 3.25. The van der Waals surface area contributed by atoms with Gasteiger partial charge in [0, 0.05) is 0 Å². The van der Waals surface area contributed by atoms with Gasteiger partial charge in [-0.2, -0.15) is 10.2 Å². The number of aromatic hydroxyl groups is 2. The predicted molar refractivity (Wildman–Crippen MR) is 100 cm³/mol. The lowest BCUT2D eigenvalue weighted by Crippen LogP contribution is -1.93. The van der Waals surface area contributed by atoms with E-state index >= 15 is 0 Å². The molecule has 0 aromatic heterocycles. The van der Waals surface area contributed by atoms with Crippen LogP contribution in [0, 0.1) is 0 Å². The van der Waals surface area contributed by atoms with E-state index in [4.69, 9.17) is 4.74 Å². The van der Waals surface area contributed by atoms with Crippen LogP contribution in [-0.4, -0.2) is 29.2 Å². The molecule has 126 valence electrons. The molecule has 0 unspecified atom stereocenters. The van der Waals surface area contributed by atoms with Crippen molar-refractivity contribution in [1.82, 2.24) is 0 Å². The Morgan fingerprint density at radius 3 is 2.24 bits per heavy atom. The van der Waals surface area contributed by atoms with Crippen LogP contribution in [0.3, 0.4) is 0 Å². The Morgan fingerprint density at radius 2 is 1.48 bits per heavy atom. The third kappa shape index (κ3) is 4.14. The van der Waals surface area contributed by atoms with Gasteiger partial charge in [-0.05, 0) is 65.2 Å². The van der Waals surface area contributed by atoms with Crippen molar-refractivity contribution in [2.24, 2.45) is 10.2 Å². The minimum absolute atomic E-state index is 0.102. The Morgan fingerprint density at radius 1 is 0.840 bits per heavy atom. The fraction of sp³-hybridized carbons (Fsp3) is 0.100. The number of rotatable bonds is 5. The molecule has 0 saturated carbocycles. The van der Waals surface area contributed by atoms with Crippen LogP contribution >= 0.6 is 0 Å². The van der Waals surface area contributed by atoms with Gasteiger partial charge in [-0.1, -0.05) is 18.2 Å². The minimum Gasteiger partial charge on any atom is -0.508 e. The number of phenols is 2. The molecule has 5 nitrogen and oxygen atoms in total. The van der Waals surface area contributed by atoms with Gasteiger partial charge in [0.2, 0.25) is 0 Å². The first-order chi connectivity index (χ1) is 12.2. The molecule has 0 radical (unpaired) electrons. The largest absolute Gasteiger partial charge is 0.508 e. The molecular weight excluding hydrogens is 316 g/mol. The lowest BCUT2D eigenvalue weighted by Gasteiger charge is -2.05. The van der Waals surface area contributed by atoms with E-state index < -0.39 is 0 Å². The SMILES string of the molecule is CCOc1cc(/C=N/N=C/c2ccc3cc(O)ccc3c2)ccc1O. The van der Waals surface area contributed by atoms with Crippen LogP contribution in [0.2, 0.25) is 0 Å². The maximum absolute atomic E-state index is 9.68. The first-order valence-electron chi connectivity index (χ1n) is 7.90. The van der Waals surface area contributed by atoms with Crippen molar-refractivity contribution < 1.29 is 14.9 Å². The van der Waals surface area contributed by atoms with Crippen LogP contribution in [0.5, 0.6) is 17.2 Å². The van der Waals surface area contributed by atoms with E-state index in [-0.39, 0.29) is 11.5 Å². The molecule has 3 aromatic carbocycles. The zero-order valence-corrected chi connectivity index (χ0v) is 13.8. The highest BCUT2D eigenvalue weighted by molar-refractivity contribution is 5.91. The first-order valence-corrected chi connectivity index (χ1v) is 7.90. The zero-order valence-electron chi connectivity index (χ0n) is 13.8. The van der Waals surface area contributed by atoms with Crippen molar-refractivity contribution in [3.8, 4) is 17.2 Å². The molecule has 0 aliphatic carbocycles. The molecule has 2 N–H and O–H groups in total. The monoisotopic (exact) mass is 334 g/mol. The van der Waals surface area contributed by atoms with Gasteiger partial charge >= 0.3 is 0 Å². The number of benzene rings is 3. The predicted octanol–water partition coefficient (Wildman–Crippen LogP) is 4.10. The van der Waals surface area contributed by atoms with E-state index in [9.17, 15) is 10.2 Å². The second kappa shape index (κ2) is 7.49.